The largest absolute Gasteiger partial charge is 0.463 e. The van der Waals surface area contributed by atoms with Crippen molar-refractivity contribution in [2.45, 2.75) is 33.6 Å². The first kappa shape index (κ1) is 13.5. The number of esters is 1. The van der Waals surface area contributed by atoms with Gasteiger partial charge in [0.05, 0.1) is 6.61 Å². The van der Waals surface area contributed by atoms with Crippen LogP contribution in [0.5, 0.6) is 0 Å². The third-order valence-electron chi connectivity index (χ3n) is 2.57. The SMILES string of the molecule is CCCc1ccc(/C(C)=C/C(=O)OCC)cc1. The number of carbonyl (C=O) groups is 1. The smallest absolute Gasteiger partial charge is 0.331 e. The first-order chi connectivity index (χ1) is 8.17. The number of carbonyl (C=O) groups excluding carboxylic acids is 1. The molecule has 0 saturated heterocycles. The van der Waals surface area contributed by atoms with E-state index in [2.05, 4.69) is 31.2 Å². The Morgan fingerprint density at radius 3 is 2.41 bits per heavy atom. The van der Waals surface area contributed by atoms with Crippen molar-refractivity contribution >= 4 is 11.5 Å². The fourth-order valence-electron chi connectivity index (χ4n) is 1.67. The number of hydrogen-bond acceptors (Lipinski definition) is 2. The summed E-state index contributed by atoms with van der Waals surface area (Å²) < 4.78 is 4.88. The lowest BCUT2D eigenvalue weighted by Crippen LogP contribution is -2.00. The average Bonchev–Trinajstić information content (AvgIpc) is 2.30. The minimum absolute atomic E-state index is 0.275. The Morgan fingerprint density at radius 1 is 1.24 bits per heavy atom. The van der Waals surface area contributed by atoms with Gasteiger partial charge in [0.2, 0.25) is 0 Å². The van der Waals surface area contributed by atoms with Crippen molar-refractivity contribution in [1.29, 1.82) is 0 Å². The molecule has 0 heterocycles. The normalized spacial score (nSPS) is 11.4. The average molecular weight is 232 g/mol. The van der Waals surface area contributed by atoms with Gasteiger partial charge in [0.25, 0.3) is 0 Å². The van der Waals surface area contributed by atoms with Gasteiger partial charge in [-0.1, -0.05) is 37.6 Å². The lowest BCUT2D eigenvalue weighted by molar-refractivity contribution is -0.137. The monoisotopic (exact) mass is 232 g/mol. The fourth-order valence-corrected chi connectivity index (χ4v) is 1.67. The number of rotatable bonds is 5. The molecule has 0 aliphatic heterocycles. The van der Waals surface area contributed by atoms with Crippen LogP contribution in [0.4, 0.5) is 0 Å². The second kappa shape index (κ2) is 6.89. The molecule has 1 aromatic carbocycles. The molecule has 0 aromatic heterocycles. The minimum atomic E-state index is -0.275. The van der Waals surface area contributed by atoms with Crippen LogP contribution in [0, 0.1) is 0 Å². The van der Waals surface area contributed by atoms with Crippen LogP contribution in [-0.2, 0) is 16.0 Å². The Kier molecular flexibility index (Phi) is 5.47. The molecule has 0 aliphatic rings. The zero-order valence-corrected chi connectivity index (χ0v) is 10.8. The Hall–Kier alpha value is -1.57. The van der Waals surface area contributed by atoms with Crippen LogP contribution in [0.3, 0.4) is 0 Å². The summed E-state index contributed by atoms with van der Waals surface area (Å²) in [6, 6.07) is 8.33. The zero-order valence-electron chi connectivity index (χ0n) is 10.8. The molecular weight excluding hydrogens is 212 g/mol. The van der Waals surface area contributed by atoms with Crippen LogP contribution in [0.1, 0.15) is 38.3 Å². The van der Waals surface area contributed by atoms with Crippen molar-refractivity contribution in [3.8, 4) is 0 Å². The molecule has 1 rings (SSSR count). The van der Waals surface area contributed by atoms with E-state index < -0.39 is 0 Å². The second-order valence-corrected chi connectivity index (χ2v) is 4.03. The Balaban J connectivity index is 2.75. The summed E-state index contributed by atoms with van der Waals surface area (Å²) >= 11 is 0. The van der Waals surface area contributed by atoms with Crippen molar-refractivity contribution in [3.63, 3.8) is 0 Å². The van der Waals surface area contributed by atoms with Gasteiger partial charge in [-0.3, -0.25) is 0 Å². The number of ether oxygens (including phenoxy) is 1. The lowest BCUT2D eigenvalue weighted by atomic mass is 10.0. The molecule has 0 atom stereocenters. The number of allylic oxidation sites excluding steroid dienone is 1. The van der Waals surface area contributed by atoms with Crippen LogP contribution in [0.2, 0.25) is 0 Å². The summed E-state index contributed by atoms with van der Waals surface area (Å²) in [6.45, 7) is 6.31. The molecule has 1 aromatic rings. The summed E-state index contributed by atoms with van der Waals surface area (Å²) in [5.41, 5.74) is 3.34. The molecule has 0 radical (unpaired) electrons. The van der Waals surface area contributed by atoms with Crippen molar-refractivity contribution in [3.05, 3.63) is 41.5 Å². The molecule has 0 fully saturated rings. The highest BCUT2D eigenvalue weighted by Crippen LogP contribution is 2.15. The highest BCUT2D eigenvalue weighted by atomic mass is 16.5. The van der Waals surface area contributed by atoms with Gasteiger partial charge in [0.1, 0.15) is 0 Å². The van der Waals surface area contributed by atoms with Gasteiger partial charge in [-0.2, -0.15) is 0 Å². The predicted molar refractivity (Wildman–Crippen MR) is 70.7 cm³/mol. The number of benzene rings is 1. The van der Waals surface area contributed by atoms with Gasteiger partial charge in [0.15, 0.2) is 0 Å². The van der Waals surface area contributed by atoms with Crippen LogP contribution in [0.15, 0.2) is 30.3 Å². The Bertz CT molecular complexity index is 388. The lowest BCUT2D eigenvalue weighted by Gasteiger charge is -2.04. The number of aryl methyl sites for hydroxylation is 1. The van der Waals surface area contributed by atoms with Crippen molar-refractivity contribution in [1.82, 2.24) is 0 Å². The van der Waals surface area contributed by atoms with E-state index >= 15 is 0 Å². The standard InChI is InChI=1S/C15H20O2/c1-4-6-13-7-9-14(10-8-13)12(3)11-15(16)17-5-2/h7-11H,4-6H2,1-3H3/b12-11+. The molecule has 0 amide bonds. The minimum Gasteiger partial charge on any atom is -0.463 e. The Morgan fingerprint density at radius 2 is 1.88 bits per heavy atom. The fraction of sp³-hybridized carbons (Fsp3) is 0.400. The molecular formula is C15H20O2. The van der Waals surface area contributed by atoms with Crippen LogP contribution >= 0.6 is 0 Å². The summed E-state index contributed by atoms with van der Waals surface area (Å²) in [4.78, 5) is 11.3. The third-order valence-corrected chi connectivity index (χ3v) is 2.57. The molecule has 2 nitrogen and oxygen atoms in total. The van der Waals surface area contributed by atoms with E-state index in [1.54, 1.807) is 13.0 Å². The van der Waals surface area contributed by atoms with Gasteiger partial charge < -0.3 is 4.74 Å². The molecule has 2 heteroatoms. The predicted octanol–water partition coefficient (Wildman–Crippen LogP) is 3.61. The number of hydrogen-bond donors (Lipinski definition) is 0. The maximum atomic E-state index is 11.3. The zero-order chi connectivity index (χ0) is 12.7. The van der Waals surface area contributed by atoms with Crippen molar-refractivity contribution in [2.24, 2.45) is 0 Å². The summed E-state index contributed by atoms with van der Waals surface area (Å²) in [7, 11) is 0. The molecule has 0 spiro atoms. The molecule has 0 N–H and O–H groups in total. The van der Waals surface area contributed by atoms with Gasteiger partial charge in [-0.05, 0) is 37.0 Å². The quantitative estimate of drug-likeness (QED) is 0.572. The highest BCUT2D eigenvalue weighted by molar-refractivity contribution is 5.90. The maximum absolute atomic E-state index is 11.3. The van der Waals surface area contributed by atoms with Crippen LogP contribution in [0.25, 0.3) is 5.57 Å². The third kappa shape index (κ3) is 4.43. The molecule has 0 unspecified atom stereocenters. The van der Waals surface area contributed by atoms with Gasteiger partial charge in [-0.25, -0.2) is 4.79 Å². The first-order valence-electron chi connectivity index (χ1n) is 6.11. The van der Waals surface area contributed by atoms with E-state index in [1.165, 1.54) is 5.56 Å². The maximum Gasteiger partial charge on any atom is 0.331 e. The Labute approximate surface area is 103 Å². The van der Waals surface area contributed by atoms with Crippen LogP contribution < -0.4 is 0 Å². The van der Waals surface area contributed by atoms with Gasteiger partial charge in [-0.15, -0.1) is 0 Å². The summed E-state index contributed by atoms with van der Waals surface area (Å²) in [6.07, 6.45) is 3.79. The van der Waals surface area contributed by atoms with Gasteiger partial charge in [0, 0.05) is 6.08 Å². The van der Waals surface area contributed by atoms with E-state index in [0.717, 1.165) is 24.0 Å². The first-order valence-corrected chi connectivity index (χ1v) is 6.11. The van der Waals surface area contributed by atoms with E-state index in [0.29, 0.717) is 6.61 Å². The highest BCUT2D eigenvalue weighted by Gasteiger charge is 2.01. The molecule has 0 saturated carbocycles. The van der Waals surface area contributed by atoms with E-state index in [4.69, 9.17) is 4.74 Å². The van der Waals surface area contributed by atoms with Gasteiger partial charge >= 0.3 is 5.97 Å². The summed E-state index contributed by atoms with van der Waals surface area (Å²) in [5, 5.41) is 0. The van der Waals surface area contributed by atoms with Crippen LogP contribution in [-0.4, -0.2) is 12.6 Å². The van der Waals surface area contributed by atoms with Crippen molar-refractivity contribution < 1.29 is 9.53 Å². The second-order valence-electron chi connectivity index (χ2n) is 4.03. The van der Waals surface area contributed by atoms with E-state index in [1.807, 2.05) is 6.92 Å². The molecule has 0 aliphatic carbocycles. The topological polar surface area (TPSA) is 26.3 Å². The van der Waals surface area contributed by atoms with Crippen molar-refractivity contribution in [2.75, 3.05) is 6.61 Å². The summed E-state index contributed by atoms with van der Waals surface area (Å²) in [5.74, 6) is -0.275. The molecule has 92 valence electrons. The van der Waals surface area contributed by atoms with E-state index in [9.17, 15) is 4.79 Å². The van der Waals surface area contributed by atoms with E-state index in [-0.39, 0.29) is 5.97 Å². The molecule has 17 heavy (non-hydrogen) atoms. The molecule has 0 bridgehead atoms.